The van der Waals surface area contributed by atoms with Crippen LogP contribution in [-0.4, -0.2) is 21.4 Å². The average Bonchev–Trinajstić information content (AvgIpc) is 2.95. The summed E-state index contributed by atoms with van der Waals surface area (Å²) in [6, 6.07) is 7.82. The fourth-order valence-corrected chi connectivity index (χ4v) is 1.37. The Labute approximate surface area is 94.1 Å². The topological polar surface area (TPSA) is 56.3 Å². The summed E-state index contributed by atoms with van der Waals surface area (Å²) in [5.74, 6) is 0. The first-order chi connectivity index (χ1) is 7.77. The van der Waals surface area contributed by atoms with Crippen LogP contribution in [0.4, 0.5) is 0 Å². The Morgan fingerprint density at radius 3 is 1.62 bits per heavy atom. The summed E-state index contributed by atoms with van der Waals surface area (Å²) in [7, 11) is 0. The minimum Gasteiger partial charge on any atom is -0.360 e. The van der Waals surface area contributed by atoms with Crippen molar-refractivity contribution in [1.82, 2.24) is 9.97 Å². The van der Waals surface area contributed by atoms with Crippen molar-refractivity contribution >= 4 is 11.4 Å². The van der Waals surface area contributed by atoms with Crippen molar-refractivity contribution in [3.05, 3.63) is 48.0 Å². The van der Waals surface area contributed by atoms with Crippen LogP contribution >= 0.6 is 0 Å². The van der Waals surface area contributed by atoms with E-state index in [0.717, 1.165) is 22.8 Å². The minimum absolute atomic E-state index is 0.871. The van der Waals surface area contributed by atoms with Gasteiger partial charge in [0.25, 0.3) is 0 Å². The van der Waals surface area contributed by atoms with Crippen LogP contribution in [-0.2, 0) is 0 Å². The van der Waals surface area contributed by atoms with Crippen LogP contribution < -0.4 is 0 Å². The lowest BCUT2D eigenvalue weighted by Gasteiger charge is -1.95. The Bertz CT molecular complexity index is 441. The van der Waals surface area contributed by atoms with Crippen LogP contribution in [0.1, 0.15) is 25.2 Å². The van der Waals surface area contributed by atoms with Gasteiger partial charge in [0.2, 0.25) is 0 Å². The molecular formula is C12H14N4. The first kappa shape index (κ1) is 10.4. The third-order valence-corrected chi connectivity index (χ3v) is 2.33. The molecule has 16 heavy (non-hydrogen) atoms. The second-order valence-electron chi connectivity index (χ2n) is 3.54. The third-order valence-electron chi connectivity index (χ3n) is 2.33. The molecule has 82 valence electrons. The summed E-state index contributed by atoms with van der Waals surface area (Å²) in [6.07, 6.45) is 3.74. The summed E-state index contributed by atoms with van der Waals surface area (Å²) in [5.41, 5.74) is 3.72. The van der Waals surface area contributed by atoms with Crippen molar-refractivity contribution < 1.29 is 0 Å². The summed E-state index contributed by atoms with van der Waals surface area (Å²) in [5, 5.41) is 8.35. The molecule has 0 amide bonds. The number of aromatic amines is 2. The quantitative estimate of drug-likeness (QED) is 0.583. The molecule has 0 fully saturated rings. The van der Waals surface area contributed by atoms with Crippen molar-refractivity contribution in [1.29, 1.82) is 0 Å². The molecule has 2 rings (SSSR count). The third kappa shape index (κ3) is 2.28. The molecular weight excluding hydrogens is 200 g/mol. The van der Waals surface area contributed by atoms with Crippen LogP contribution in [0.3, 0.4) is 0 Å². The Balaban J connectivity index is 2.17. The molecule has 0 radical (unpaired) electrons. The van der Waals surface area contributed by atoms with E-state index in [2.05, 4.69) is 20.2 Å². The summed E-state index contributed by atoms with van der Waals surface area (Å²) in [4.78, 5) is 6.18. The van der Waals surface area contributed by atoms with E-state index in [0.29, 0.717) is 0 Å². The van der Waals surface area contributed by atoms with Crippen LogP contribution in [0.25, 0.3) is 0 Å². The van der Waals surface area contributed by atoms with Gasteiger partial charge in [0.15, 0.2) is 0 Å². The van der Waals surface area contributed by atoms with E-state index in [1.807, 2.05) is 50.5 Å². The molecule has 0 aliphatic rings. The molecule has 2 heterocycles. The number of rotatable bonds is 3. The van der Waals surface area contributed by atoms with E-state index in [-0.39, 0.29) is 0 Å². The molecule has 0 unspecified atom stereocenters. The van der Waals surface area contributed by atoms with Gasteiger partial charge in [-0.2, -0.15) is 10.2 Å². The second-order valence-corrected chi connectivity index (χ2v) is 3.54. The average molecular weight is 214 g/mol. The zero-order chi connectivity index (χ0) is 11.4. The van der Waals surface area contributed by atoms with Crippen molar-refractivity contribution in [2.75, 3.05) is 0 Å². The molecule has 2 aromatic rings. The first-order valence-corrected chi connectivity index (χ1v) is 5.14. The molecule has 0 aromatic carbocycles. The predicted molar refractivity (Wildman–Crippen MR) is 66.0 cm³/mol. The number of H-pyrrole nitrogens is 2. The Hall–Kier alpha value is -2.10. The first-order valence-electron chi connectivity index (χ1n) is 5.14. The molecule has 4 nitrogen and oxygen atoms in total. The number of nitrogens with one attached hydrogen (secondary N) is 2. The van der Waals surface area contributed by atoms with Gasteiger partial charge in [0.05, 0.1) is 22.8 Å². The number of aromatic nitrogens is 2. The van der Waals surface area contributed by atoms with Crippen molar-refractivity contribution in [3.63, 3.8) is 0 Å². The maximum absolute atomic E-state index is 4.18. The Kier molecular flexibility index (Phi) is 3.00. The smallest absolute Gasteiger partial charge is 0.0833 e. The van der Waals surface area contributed by atoms with Crippen LogP contribution in [0.2, 0.25) is 0 Å². The van der Waals surface area contributed by atoms with Crippen molar-refractivity contribution in [3.8, 4) is 0 Å². The van der Waals surface area contributed by atoms with E-state index in [9.17, 15) is 0 Å². The zero-order valence-corrected chi connectivity index (χ0v) is 9.36. The lowest BCUT2D eigenvalue weighted by Crippen LogP contribution is -1.97. The molecule has 0 saturated heterocycles. The SMILES string of the molecule is CC(=NN=C(C)c1ccc[nH]1)c1ccc[nH]1. The van der Waals surface area contributed by atoms with Crippen molar-refractivity contribution in [2.24, 2.45) is 10.2 Å². The summed E-state index contributed by atoms with van der Waals surface area (Å²) >= 11 is 0. The van der Waals surface area contributed by atoms with E-state index >= 15 is 0 Å². The fourth-order valence-electron chi connectivity index (χ4n) is 1.37. The summed E-state index contributed by atoms with van der Waals surface area (Å²) in [6.45, 7) is 3.86. The largest absolute Gasteiger partial charge is 0.360 e. The van der Waals surface area contributed by atoms with Gasteiger partial charge < -0.3 is 9.97 Å². The minimum atomic E-state index is 0.871. The van der Waals surface area contributed by atoms with Crippen molar-refractivity contribution in [2.45, 2.75) is 13.8 Å². The summed E-state index contributed by atoms with van der Waals surface area (Å²) < 4.78 is 0. The highest BCUT2D eigenvalue weighted by molar-refractivity contribution is 6.00. The van der Waals surface area contributed by atoms with Gasteiger partial charge in [0.1, 0.15) is 0 Å². The van der Waals surface area contributed by atoms with Crippen LogP contribution in [0.5, 0.6) is 0 Å². The zero-order valence-electron chi connectivity index (χ0n) is 9.36. The highest BCUT2D eigenvalue weighted by Gasteiger charge is 1.98. The number of hydrogen-bond acceptors (Lipinski definition) is 2. The molecule has 0 bridgehead atoms. The highest BCUT2D eigenvalue weighted by atomic mass is 15.2. The van der Waals surface area contributed by atoms with Gasteiger partial charge in [-0.3, -0.25) is 0 Å². The van der Waals surface area contributed by atoms with E-state index in [1.54, 1.807) is 0 Å². The lowest BCUT2D eigenvalue weighted by molar-refractivity contribution is 1.19. The van der Waals surface area contributed by atoms with E-state index in [1.165, 1.54) is 0 Å². The number of nitrogens with zero attached hydrogens (tertiary/aromatic N) is 2. The van der Waals surface area contributed by atoms with Crippen LogP contribution in [0, 0.1) is 0 Å². The molecule has 0 aliphatic heterocycles. The molecule has 2 N–H and O–H groups in total. The molecule has 0 spiro atoms. The lowest BCUT2D eigenvalue weighted by atomic mass is 10.3. The van der Waals surface area contributed by atoms with Gasteiger partial charge in [-0.15, -0.1) is 0 Å². The monoisotopic (exact) mass is 214 g/mol. The molecule has 0 saturated carbocycles. The maximum atomic E-state index is 4.18. The molecule has 4 heteroatoms. The molecule has 2 aromatic heterocycles. The van der Waals surface area contributed by atoms with Gasteiger partial charge in [-0.1, -0.05) is 0 Å². The standard InChI is InChI=1S/C12H14N4/c1-9(11-5-3-7-13-11)15-16-10(2)12-6-4-8-14-12/h3-8,13-14H,1-2H3. The van der Waals surface area contributed by atoms with Gasteiger partial charge in [0, 0.05) is 12.4 Å². The molecule has 0 aliphatic carbocycles. The van der Waals surface area contributed by atoms with E-state index < -0.39 is 0 Å². The van der Waals surface area contributed by atoms with Gasteiger partial charge >= 0.3 is 0 Å². The Morgan fingerprint density at radius 2 is 1.31 bits per heavy atom. The normalized spacial score (nSPS) is 13.1. The Morgan fingerprint density at radius 1 is 0.875 bits per heavy atom. The number of hydrogen-bond donors (Lipinski definition) is 2. The second kappa shape index (κ2) is 4.61. The van der Waals surface area contributed by atoms with E-state index in [4.69, 9.17) is 0 Å². The highest BCUT2D eigenvalue weighted by Crippen LogP contribution is 2.00. The molecule has 0 atom stereocenters. The maximum Gasteiger partial charge on any atom is 0.0833 e. The van der Waals surface area contributed by atoms with Gasteiger partial charge in [-0.25, -0.2) is 0 Å². The fraction of sp³-hybridized carbons (Fsp3) is 0.167. The predicted octanol–water partition coefficient (Wildman–Crippen LogP) is 2.58. The van der Waals surface area contributed by atoms with Gasteiger partial charge in [-0.05, 0) is 38.1 Å². The van der Waals surface area contributed by atoms with Crippen LogP contribution in [0.15, 0.2) is 46.9 Å².